The van der Waals surface area contributed by atoms with E-state index in [-0.39, 0.29) is 0 Å². The van der Waals surface area contributed by atoms with Crippen molar-refractivity contribution in [3.63, 3.8) is 0 Å². The van der Waals surface area contributed by atoms with E-state index in [0.29, 0.717) is 12.0 Å². The van der Waals surface area contributed by atoms with Crippen LogP contribution in [0.25, 0.3) is 0 Å². The zero-order chi connectivity index (χ0) is 15.5. The van der Waals surface area contributed by atoms with Crippen LogP contribution in [-0.2, 0) is 4.74 Å². The normalized spacial score (nSPS) is 14.9. The smallest absolute Gasteiger partial charge is 0.0870 e. The van der Waals surface area contributed by atoms with E-state index < -0.39 is 0 Å². The molecule has 0 aliphatic carbocycles. The summed E-state index contributed by atoms with van der Waals surface area (Å²) < 4.78 is 5.34. The van der Waals surface area contributed by atoms with Gasteiger partial charge >= 0.3 is 0 Å². The molecule has 2 unspecified atom stereocenters. The maximum Gasteiger partial charge on any atom is 0.0870 e. The van der Waals surface area contributed by atoms with Gasteiger partial charge in [-0.1, -0.05) is 61.7 Å². The van der Waals surface area contributed by atoms with Gasteiger partial charge in [0.15, 0.2) is 0 Å². The third kappa shape index (κ3) is 6.76. The maximum atomic E-state index is 9.34. The Bertz CT molecular complexity index is 403. The Morgan fingerprint density at radius 3 is 2.48 bits per heavy atom. The molecule has 0 bridgehead atoms. The summed E-state index contributed by atoms with van der Waals surface area (Å²) in [5, 5.41) is 12.9. The van der Waals surface area contributed by atoms with Crippen LogP contribution in [0.3, 0.4) is 0 Å². The standard InChI is InChI=1S/C18H29NO2/c1-4-5-9-16(13-12-15(2)21-3)14-18(19-20)17-10-7-6-8-11-17/h6-8,10-11,15-16,20H,4-5,9,12-14H2,1-3H3. The summed E-state index contributed by atoms with van der Waals surface area (Å²) in [6.45, 7) is 4.32. The lowest BCUT2D eigenvalue weighted by molar-refractivity contribution is 0.104. The minimum Gasteiger partial charge on any atom is -0.411 e. The second kappa shape index (κ2) is 10.4. The summed E-state index contributed by atoms with van der Waals surface area (Å²) >= 11 is 0. The largest absolute Gasteiger partial charge is 0.411 e. The number of unbranched alkanes of at least 4 members (excludes halogenated alkanes) is 1. The molecule has 1 rings (SSSR count). The molecule has 0 amide bonds. The highest BCUT2D eigenvalue weighted by atomic mass is 16.5. The molecule has 0 radical (unpaired) electrons. The number of nitrogens with zero attached hydrogens (tertiary/aromatic N) is 1. The van der Waals surface area contributed by atoms with Gasteiger partial charge in [0.05, 0.1) is 11.8 Å². The topological polar surface area (TPSA) is 41.8 Å². The first-order chi connectivity index (χ1) is 10.2. The molecule has 1 N–H and O–H groups in total. The summed E-state index contributed by atoms with van der Waals surface area (Å²) in [4.78, 5) is 0. The summed E-state index contributed by atoms with van der Waals surface area (Å²) in [7, 11) is 1.76. The Labute approximate surface area is 129 Å². The zero-order valence-corrected chi connectivity index (χ0v) is 13.6. The van der Waals surface area contributed by atoms with E-state index >= 15 is 0 Å². The number of ether oxygens (including phenoxy) is 1. The van der Waals surface area contributed by atoms with Gasteiger partial charge in [0.2, 0.25) is 0 Å². The number of methoxy groups -OCH3 is 1. The van der Waals surface area contributed by atoms with Gasteiger partial charge in [-0.3, -0.25) is 0 Å². The van der Waals surface area contributed by atoms with Gasteiger partial charge in [-0.25, -0.2) is 0 Å². The van der Waals surface area contributed by atoms with Gasteiger partial charge in [-0.15, -0.1) is 0 Å². The van der Waals surface area contributed by atoms with Crippen LogP contribution >= 0.6 is 0 Å². The van der Waals surface area contributed by atoms with Crippen LogP contribution in [0.2, 0.25) is 0 Å². The summed E-state index contributed by atoms with van der Waals surface area (Å²) in [5.41, 5.74) is 1.81. The van der Waals surface area contributed by atoms with Gasteiger partial charge in [-0.05, 0) is 37.7 Å². The van der Waals surface area contributed by atoms with Crippen molar-refractivity contribution >= 4 is 5.71 Å². The number of rotatable bonds is 10. The Hall–Kier alpha value is -1.35. The Morgan fingerprint density at radius 2 is 1.90 bits per heavy atom. The first-order valence-corrected chi connectivity index (χ1v) is 8.00. The lowest BCUT2D eigenvalue weighted by Gasteiger charge is -2.19. The van der Waals surface area contributed by atoms with Gasteiger partial charge in [0, 0.05) is 7.11 Å². The molecule has 118 valence electrons. The average molecular weight is 291 g/mol. The van der Waals surface area contributed by atoms with Crippen LogP contribution in [0, 0.1) is 5.92 Å². The molecule has 0 spiro atoms. The monoisotopic (exact) mass is 291 g/mol. The molecule has 0 aliphatic heterocycles. The van der Waals surface area contributed by atoms with Crippen molar-refractivity contribution in [2.24, 2.45) is 11.1 Å². The molecule has 0 aromatic heterocycles. The quantitative estimate of drug-likeness (QED) is 0.379. The van der Waals surface area contributed by atoms with Crippen molar-refractivity contribution in [3.8, 4) is 0 Å². The minimum atomic E-state index is 0.292. The van der Waals surface area contributed by atoms with Crippen LogP contribution in [0.1, 0.15) is 57.9 Å². The number of hydrogen-bond acceptors (Lipinski definition) is 3. The second-order valence-corrected chi connectivity index (χ2v) is 5.75. The SMILES string of the molecule is CCCCC(CCC(C)OC)CC(=NO)c1ccccc1. The third-order valence-corrected chi connectivity index (χ3v) is 4.06. The van der Waals surface area contributed by atoms with Gasteiger partial charge in [0.25, 0.3) is 0 Å². The highest BCUT2D eigenvalue weighted by molar-refractivity contribution is 6.00. The van der Waals surface area contributed by atoms with E-state index in [2.05, 4.69) is 19.0 Å². The fourth-order valence-electron chi connectivity index (χ4n) is 2.55. The molecular formula is C18H29NO2. The first-order valence-electron chi connectivity index (χ1n) is 8.00. The molecule has 0 fully saturated rings. The molecular weight excluding hydrogens is 262 g/mol. The summed E-state index contributed by atoms with van der Waals surface area (Å²) in [6, 6.07) is 9.95. The summed E-state index contributed by atoms with van der Waals surface area (Å²) in [5.74, 6) is 0.550. The van der Waals surface area contributed by atoms with Gasteiger partial charge < -0.3 is 9.94 Å². The van der Waals surface area contributed by atoms with Gasteiger partial charge in [-0.2, -0.15) is 0 Å². The Morgan fingerprint density at radius 1 is 1.19 bits per heavy atom. The lowest BCUT2D eigenvalue weighted by atomic mass is 9.88. The van der Waals surface area contributed by atoms with Crippen molar-refractivity contribution in [1.82, 2.24) is 0 Å². The van der Waals surface area contributed by atoms with E-state index in [1.165, 1.54) is 19.3 Å². The zero-order valence-electron chi connectivity index (χ0n) is 13.6. The number of oxime groups is 1. The minimum absolute atomic E-state index is 0.292. The van der Waals surface area contributed by atoms with E-state index in [0.717, 1.165) is 30.5 Å². The Kier molecular flexibility index (Phi) is 8.76. The highest BCUT2D eigenvalue weighted by Crippen LogP contribution is 2.23. The van der Waals surface area contributed by atoms with Gasteiger partial charge in [0.1, 0.15) is 0 Å². The lowest BCUT2D eigenvalue weighted by Crippen LogP contribution is -2.14. The average Bonchev–Trinajstić information content (AvgIpc) is 2.54. The van der Waals surface area contributed by atoms with Crippen molar-refractivity contribution in [2.75, 3.05) is 7.11 Å². The van der Waals surface area contributed by atoms with Crippen molar-refractivity contribution in [2.45, 2.75) is 58.5 Å². The molecule has 2 atom stereocenters. The molecule has 0 aliphatic rings. The molecule has 3 nitrogen and oxygen atoms in total. The first kappa shape index (κ1) is 17.7. The van der Waals surface area contributed by atoms with Crippen LogP contribution in [0.15, 0.2) is 35.5 Å². The second-order valence-electron chi connectivity index (χ2n) is 5.75. The Balaban J connectivity index is 2.65. The number of hydrogen-bond donors (Lipinski definition) is 1. The van der Waals surface area contributed by atoms with E-state index in [1.807, 2.05) is 30.3 Å². The van der Waals surface area contributed by atoms with Crippen LogP contribution in [0.4, 0.5) is 0 Å². The van der Waals surface area contributed by atoms with E-state index in [9.17, 15) is 5.21 Å². The molecule has 0 saturated carbocycles. The molecule has 1 aromatic rings. The van der Waals surface area contributed by atoms with Crippen molar-refractivity contribution in [1.29, 1.82) is 0 Å². The predicted molar refractivity (Wildman–Crippen MR) is 88.1 cm³/mol. The maximum absolute atomic E-state index is 9.34. The van der Waals surface area contributed by atoms with E-state index in [1.54, 1.807) is 7.11 Å². The number of benzene rings is 1. The molecule has 0 heterocycles. The molecule has 3 heteroatoms. The van der Waals surface area contributed by atoms with Crippen LogP contribution in [0.5, 0.6) is 0 Å². The van der Waals surface area contributed by atoms with Crippen molar-refractivity contribution in [3.05, 3.63) is 35.9 Å². The summed E-state index contributed by atoms with van der Waals surface area (Å²) in [6.07, 6.45) is 6.89. The molecule has 1 aromatic carbocycles. The highest BCUT2D eigenvalue weighted by Gasteiger charge is 2.15. The fourth-order valence-corrected chi connectivity index (χ4v) is 2.55. The molecule has 21 heavy (non-hydrogen) atoms. The van der Waals surface area contributed by atoms with Crippen LogP contribution in [-0.4, -0.2) is 24.1 Å². The third-order valence-electron chi connectivity index (χ3n) is 4.06. The van der Waals surface area contributed by atoms with Crippen LogP contribution < -0.4 is 0 Å². The fraction of sp³-hybridized carbons (Fsp3) is 0.611. The predicted octanol–water partition coefficient (Wildman–Crippen LogP) is 4.88. The van der Waals surface area contributed by atoms with Crippen molar-refractivity contribution < 1.29 is 9.94 Å². The van der Waals surface area contributed by atoms with E-state index in [4.69, 9.17) is 4.74 Å². The molecule has 0 saturated heterocycles.